The van der Waals surface area contributed by atoms with Crippen LogP contribution in [0.25, 0.3) is 6.08 Å². The van der Waals surface area contributed by atoms with Gasteiger partial charge in [0.15, 0.2) is 0 Å². The Morgan fingerprint density at radius 3 is 2.40 bits per heavy atom. The van der Waals surface area contributed by atoms with Gasteiger partial charge >= 0.3 is 5.97 Å². The van der Waals surface area contributed by atoms with Crippen LogP contribution in [0.15, 0.2) is 29.2 Å². The molecule has 0 aliphatic carbocycles. The molecule has 1 unspecified atom stereocenters. The molecule has 6 nitrogen and oxygen atoms in total. The Labute approximate surface area is 155 Å². The second kappa shape index (κ2) is 7.79. The Balaban J connectivity index is 2.27. The summed E-state index contributed by atoms with van der Waals surface area (Å²) < 4.78 is 0.101. The van der Waals surface area contributed by atoms with Crippen molar-refractivity contribution in [3.8, 4) is 0 Å². The average Bonchev–Trinajstić information content (AvgIpc) is 2.79. The molecule has 1 saturated heterocycles. The minimum absolute atomic E-state index is 0.101. The lowest BCUT2D eigenvalue weighted by Gasteiger charge is -2.21. The van der Waals surface area contributed by atoms with E-state index in [2.05, 4.69) is 13.8 Å². The van der Waals surface area contributed by atoms with Crippen LogP contribution in [-0.4, -0.2) is 38.2 Å². The largest absolute Gasteiger partial charge is 0.480 e. The molecular weight excluding hydrogens is 360 g/mol. The first-order valence-corrected chi connectivity index (χ1v) is 8.81. The number of aliphatic carboxylic acids is 1. The number of thioether (sulfide) groups is 1. The van der Waals surface area contributed by atoms with Crippen molar-refractivity contribution in [1.29, 1.82) is 0 Å². The van der Waals surface area contributed by atoms with Crippen molar-refractivity contribution < 1.29 is 19.5 Å². The summed E-state index contributed by atoms with van der Waals surface area (Å²) >= 11 is 6.14. The standard InChI is InChI=1S/C17H18N2O4S2/c1-9(2)11-5-3-10(4-6-11)7-13-15(21)19(17(24)25-13)12(16(22)23)8-14(18)20/h3-7,9,12H,8H2,1-2H3,(H2,18,20)(H,22,23)/b13-7-. The van der Waals surface area contributed by atoms with Crippen LogP contribution in [0.2, 0.25) is 0 Å². The molecule has 0 bridgehead atoms. The smallest absolute Gasteiger partial charge is 0.327 e. The van der Waals surface area contributed by atoms with Crippen molar-refractivity contribution in [1.82, 2.24) is 4.90 Å². The van der Waals surface area contributed by atoms with Gasteiger partial charge in [0.1, 0.15) is 10.4 Å². The van der Waals surface area contributed by atoms with Crippen LogP contribution >= 0.6 is 24.0 Å². The normalized spacial score (nSPS) is 17.4. The third-order valence-corrected chi connectivity index (χ3v) is 5.05. The molecule has 1 atom stereocenters. The summed E-state index contributed by atoms with van der Waals surface area (Å²) in [7, 11) is 0. The van der Waals surface area contributed by atoms with E-state index in [0.29, 0.717) is 10.8 Å². The van der Waals surface area contributed by atoms with E-state index in [9.17, 15) is 19.5 Å². The number of amides is 2. The fourth-order valence-corrected chi connectivity index (χ4v) is 3.71. The molecule has 25 heavy (non-hydrogen) atoms. The number of carbonyl (C=O) groups is 3. The molecular formula is C17H18N2O4S2. The summed E-state index contributed by atoms with van der Waals surface area (Å²) in [6.07, 6.45) is 1.17. The second-order valence-electron chi connectivity index (χ2n) is 5.90. The van der Waals surface area contributed by atoms with Gasteiger partial charge in [0, 0.05) is 0 Å². The van der Waals surface area contributed by atoms with Crippen LogP contribution in [0.1, 0.15) is 37.3 Å². The van der Waals surface area contributed by atoms with Crippen molar-refractivity contribution in [2.75, 3.05) is 0 Å². The van der Waals surface area contributed by atoms with E-state index in [-0.39, 0.29) is 4.32 Å². The monoisotopic (exact) mass is 378 g/mol. The second-order valence-corrected chi connectivity index (χ2v) is 7.57. The number of nitrogens with zero attached hydrogens (tertiary/aromatic N) is 1. The molecule has 2 amide bonds. The number of thiocarbonyl (C=S) groups is 1. The third-order valence-electron chi connectivity index (χ3n) is 3.72. The van der Waals surface area contributed by atoms with Crippen molar-refractivity contribution in [3.05, 3.63) is 40.3 Å². The number of benzene rings is 1. The van der Waals surface area contributed by atoms with Gasteiger partial charge in [-0.15, -0.1) is 0 Å². The maximum Gasteiger partial charge on any atom is 0.327 e. The molecule has 0 spiro atoms. The highest BCUT2D eigenvalue weighted by atomic mass is 32.2. The molecule has 2 rings (SSSR count). The van der Waals surface area contributed by atoms with Crippen molar-refractivity contribution in [2.45, 2.75) is 32.2 Å². The van der Waals surface area contributed by atoms with E-state index in [1.807, 2.05) is 24.3 Å². The van der Waals surface area contributed by atoms with Gasteiger partial charge in [-0.05, 0) is 23.1 Å². The third kappa shape index (κ3) is 4.46. The number of hydrogen-bond donors (Lipinski definition) is 2. The van der Waals surface area contributed by atoms with E-state index in [1.165, 1.54) is 5.56 Å². The van der Waals surface area contributed by atoms with Gasteiger partial charge in [0.25, 0.3) is 5.91 Å². The Kier molecular flexibility index (Phi) is 5.97. The molecule has 1 aromatic rings. The van der Waals surface area contributed by atoms with Crippen LogP contribution < -0.4 is 5.73 Å². The van der Waals surface area contributed by atoms with E-state index >= 15 is 0 Å². The summed E-state index contributed by atoms with van der Waals surface area (Å²) in [6, 6.07) is 6.34. The average molecular weight is 378 g/mol. The Morgan fingerprint density at radius 1 is 1.32 bits per heavy atom. The Bertz CT molecular complexity index is 756. The van der Waals surface area contributed by atoms with Crippen LogP contribution in [0.3, 0.4) is 0 Å². The molecule has 0 aromatic heterocycles. The maximum atomic E-state index is 12.6. The Morgan fingerprint density at radius 2 is 1.92 bits per heavy atom. The number of carbonyl (C=O) groups excluding carboxylic acids is 2. The molecule has 1 aliphatic rings. The van der Waals surface area contributed by atoms with Gasteiger partial charge in [-0.3, -0.25) is 14.5 Å². The number of rotatable bonds is 6. The minimum Gasteiger partial charge on any atom is -0.480 e. The quantitative estimate of drug-likeness (QED) is 0.582. The number of hydrogen-bond acceptors (Lipinski definition) is 5. The molecule has 132 valence electrons. The summed E-state index contributed by atoms with van der Waals surface area (Å²) in [4.78, 5) is 36.3. The van der Waals surface area contributed by atoms with Crippen molar-refractivity contribution in [3.63, 3.8) is 0 Å². The maximum absolute atomic E-state index is 12.6. The number of carboxylic acid groups (broad SMARTS) is 1. The predicted octanol–water partition coefficient (Wildman–Crippen LogP) is 2.34. The highest BCUT2D eigenvalue weighted by molar-refractivity contribution is 8.26. The number of carboxylic acids is 1. The SMILES string of the molecule is CC(C)c1ccc(/C=C2\SC(=S)N(C(CC(N)=O)C(=O)O)C2=O)cc1. The van der Waals surface area contributed by atoms with E-state index in [0.717, 1.165) is 22.2 Å². The van der Waals surface area contributed by atoms with Gasteiger partial charge in [0.05, 0.1) is 11.3 Å². The topological polar surface area (TPSA) is 101 Å². The van der Waals surface area contributed by atoms with Gasteiger partial charge in [-0.2, -0.15) is 0 Å². The van der Waals surface area contributed by atoms with Crippen LogP contribution in [0.4, 0.5) is 0 Å². The fourth-order valence-electron chi connectivity index (χ4n) is 2.36. The van der Waals surface area contributed by atoms with Gasteiger partial charge < -0.3 is 10.8 Å². The number of primary amides is 1. The molecule has 1 aliphatic heterocycles. The van der Waals surface area contributed by atoms with Gasteiger partial charge in [0.2, 0.25) is 5.91 Å². The summed E-state index contributed by atoms with van der Waals surface area (Å²) in [6.45, 7) is 4.18. The lowest BCUT2D eigenvalue weighted by atomic mass is 10.0. The van der Waals surface area contributed by atoms with Crippen molar-refractivity contribution in [2.24, 2.45) is 5.73 Å². The van der Waals surface area contributed by atoms with Gasteiger partial charge in [-0.1, -0.05) is 62.1 Å². The molecule has 1 aromatic carbocycles. The predicted molar refractivity (Wildman–Crippen MR) is 101 cm³/mol. The highest BCUT2D eigenvalue weighted by Crippen LogP contribution is 2.34. The molecule has 3 N–H and O–H groups in total. The Hall–Kier alpha value is -2.19. The van der Waals surface area contributed by atoms with E-state index in [4.69, 9.17) is 18.0 Å². The fraction of sp³-hybridized carbons (Fsp3) is 0.294. The summed E-state index contributed by atoms with van der Waals surface area (Å²) in [5, 5.41) is 9.29. The minimum atomic E-state index is -1.39. The molecule has 1 heterocycles. The summed E-state index contributed by atoms with van der Waals surface area (Å²) in [5.41, 5.74) is 7.07. The van der Waals surface area contributed by atoms with Crippen molar-refractivity contribution >= 4 is 52.2 Å². The highest BCUT2D eigenvalue weighted by Gasteiger charge is 2.41. The van der Waals surface area contributed by atoms with Crippen LogP contribution in [0.5, 0.6) is 0 Å². The first-order valence-electron chi connectivity index (χ1n) is 7.59. The lowest BCUT2D eigenvalue weighted by molar-refractivity contribution is -0.146. The van der Waals surface area contributed by atoms with Crippen LogP contribution in [-0.2, 0) is 14.4 Å². The van der Waals surface area contributed by atoms with E-state index in [1.54, 1.807) is 6.08 Å². The molecule has 1 fully saturated rings. The summed E-state index contributed by atoms with van der Waals surface area (Å²) in [5.74, 6) is -2.26. The molecule has 0 radical (unpaired) electrons. The molecule has 8 heteroatoms. The van der Waals surface area contributed by atoms with Crippen LogP contribution in [0, 0.1) is 0 Å². The zero-order valence-electron chi connectivity index (χ0n) is 13.8. The number of nitrogens with two attached hydrogens (primary N) is 1. The molecule has 0 saturated carbocycles. The first-order chi connectivity index (χ1) is 11.7. The zero-order valence-corrected chi connectivity index (χ0v) is 15.4. The van der Waals surface area contributed by atoms with Gasteiger partial charge in [-0.25, -0.2) is 4.79 Å². The zero-order chi connectivity index (χ0) is 18.7. The van der Waals surface area contributed by atoms with E-state index < -0.39 is 30.2 Å². The lowest BCUT2D eigenvalue weighted by Crippen LogP contribution is -2.46. The first kappa shape index (κ1) is 19.1.